The number of fused-ring (bicyclic) bond motifs is 1. The van der Waals surface area contributed by atoms with Crippen molar-refractivity contribution < 1.29 is 28.9 Å². The second kappa shape index (κ2) is 10.2. The van der Waals surface area contributed by atoms with Crippen molar-refractivity contribution in [2.24, 2.45) is 0 Å². The number of carbonyl (C=O) groups is 2. The van der Waals surface area contributed by atoms with Gasteiger partial charge in [-0.3, -0.25) is 4.79 Å². The third-order valence-electron chi connectivity index (χ3n) is 5.11. The first-order chi connectivity index (χ1) is 15.6. The van der Waals surface area contributed by atoms with E-state index in [4.69, 9.17) is 14.2 Å². The van der Waals surface area contributed by atoms with E-state index in [2.05, 4.69) is 16.0 Å². The number of hydrogen-bond acceptors (Lipinski definition) is 6. The van der Waals surface area contributed by atoms with Crippen LogP contribution in [0.1, 0.15) is 12.0 Å². The number of ether oxygens (including phenoxy) is 3. The van der Waals surface area contributed by atoms with Crippen molar-refractivity contribution in [3.8, 4) is 11.5 Å². The van der Waals surface area contributed by atoms with Crippen LogP contribution in [0.15, 0.2) is 60.7 Å². The molecule has 4 N–H and O–H groups in total. The molecule has 0 fully saturated rings. The summed E-state index contributed by atoms with van der Waals surface area (Å²) in [6.45, 7) is 0.282. The van der Waals surface area contributed by atoms with Crippen LogP contribution in [0.25, 0.3) is 0 Å². The van der Waals surface area contributed by atoms with Crippen molar-refractivity contribution in [2.45, 2.75) is 31.2 Å². The predicted molar refractivity (Wildman–Crippen MR) is 116 cm³/mol. The summed E-state index contributed by atoms with van der Waals surface area (Å²) in [6.07, 6.45) is 2.42. The van der Waals surface area contributed by atoms with Crippen molar-refractivity contribution >= 4 is 17.6 Å². The van der Waals surface area contributed by atoms with Crippen LogP contribution in [-0.2, 0) is 16.1 Å². The first-order valence-electron chi connectivity index (χ1n) is 10.3. The molecule has 3 amide bonds. The minimum absolute atomic E-state index is 0.121. The Morgan fingerprint density at radius 1 is 1.03 bits per heavy atom. The Labute approximate surface area is 185 Å². The normalized spacial score (nSPS) is 21.1. The lowest BCUT2D eigenvalue weighted by atomic mass is 10.0. The molecule has 9 nitrogen and oxygen atoms in total. The molecule has 0 saturated carbocycles. The Hall–Kier alpha value is -3.56. The molecule has 0 spiro atoms. The van der Waals surface area contributed by atoms with E-state index in [0.29, 0.717) is 23.7 Å². The highest BCUT2D eigenvalue weighted by Gasteiger charge is 2.29. The third-order valence-corrected chi connectivity index (χ3v) is 5.11. The van der Waals surface area contributed by atoms with Gasteiger partial charge in [-0.05, 0) is 17.7 Å². The van der Waals surface area contributed by atoms with Gasteiger partial charge in [0.2, 0.25) is 12.7 Å². The molecule has 0 radical (unpaired) electrons. The van der Waals surface area contributed by atoms with Gasteiger partial charge in [-0.1, -0.05) is 42.5 Å². The van der Waals surface area contributed by atoms with Crippen molar-refractivity contribution in [1.29, 1.82) is 0 Å². The molecule has 2 aromatic rings. The average molecular weight is 439 g/mol. The second-order valence-corrected chi connectivity index (χ2v) is 7.44. The maximum atomic E-state index is 12.4. The van der Waals surface area contributed by atoms with Crippen LogP contribution in [-0.4, -0.2) is 48.7 Å². The van der Waals surface area contributed by atoms with Crippen LogP contribution < -0.4 is 25.4 Å². The number of amides is 3. The number of urea groups is 1. The topological polar surface area (TPSA) is 118 Å². The van der Waals surface area contributed by atoms with Crippen molar-refractivity contribution in [1.82, 2.24) is 10.6 Å². The zero-order chi connectivity index (χ0) is 22.3. The third kappa shape index (κ3) is 5.57. The maximum Gasteiger partial charge on any atom is 0.319 e. The highest BCUT2D eigenvalue weighted by atomic mass is 16.7. The Bertz CT molecular complexity index is 981. The zero-order valence-corrected chi connectivity index (χ0v) is 17.3. The molecule has 0 aromatic heterocycles. The lowest BCUT2D eigenvalue weighted by Crippen LogP contribution is -2.50. The lowest BCUT2D eigenvalue weighted by molar-refractivity contribution is -0.125. The van der Waals surface area contributed by atoms with E-state index in [1.807, 2.05) is 30.3 Å². The molecule has 32 heavy (non-hydrogen) atoms. The summed E-state index contributed by atoms with van der Waals surface area (Å²) in [6, 6.07) is 13.7. The van der Waals surface area contributed by atoms with Gasteiger partial charge in [-0.25, -0.2) is 4.79 Å². The fraction of sp³-hybridized carbons (Fsp3) is 0.304. The molecule has 9 heteroatoms. The maximum absolute atomic E-state index is 12.4. The molecule has 0 unspecified atom stereocenters. The van der Waals surface area contributed by atoms with E-state index in [-0.39, 0.29) is 25.7 Å². The van der Waals surface area contributed by atoms with Crippen LogP contribution in [0.2, 0.25) is 0 Å². The summed E-state index contributed by atoms with van der Waals surface area (Å²) in [7, 11) is 0. The number of nitrogens with one attached hydrogen (secondary N) is 3. The van der Waals surface area contributed by atoms with Gasteiger partial charge in [0.05, 0.1) is 25.2 Å². The average Bonchev–Trinajstić information content (AvgIpc) is 3.27. The molecule has 4 rings (SSSR count). The Kier molecular flexibility index (Phi) is 6.88. The summed E-state index contributed by atoms with van der Waals surface area (Å²) in [5.74, 6) is 1.02. The SMILES string of the molecule is O=C(C[C@H]1C=C[C@@H](NC(=O)Nc2ccc3c(c2)OCO3)[C@H](CO)O1)NCc1ccccc1. The van der Waals surface area contributed by atoms with E-state index in [9.17, 15) is 14.7 Å². The number of hydrogen-bond donors (Lipinski definition) is 4. The van der Waals surface area contributed by atoms with Gasteiger partial charge in [0.1, 0.15) is 6.10 Å². The number of carbonyl (C=O) groups excluding carboxylic acids is 2. The number of anilines is 1. The van der Waals surface area contributed by atoms with Crippen molar-refractivity contribution in [2.75, 3.05) is 18.7 Å². The largest absolute Gasteiger partial charge is 0.454 e. The standard InChI is InChI=1S/C23H25N3O6/c27-13-21-18(26-23(29)25-16-6-9-19-20(10-16)31-14-30-19)8-7-17(32-21)11-22(28)24-12-15-4-2-1-3-5-15/h1-10,17-18,21,27H,11-14H2,(H,24,28)(H2,25,26,29)/t17-,18-,21+/m1/s1. The van der Waals surface area contributed by atoms with Gasteiger partial charge in [0.25, 0.3) is 0 Å². The van der Waals surface area contributed by atoms with Crippen molar-refractivity contribution in [3.05, 3.63) is 66.2 Å². The summed E-state index contributed by atoms with van der Waals surface area (Å²) in [4.78, 5) is 24.6. The minimum atomic E-state index is -0.672. The van der Waals surface area contributed by atoms with E-state index >= 15 is 0 Å². The fourth-order valence-electron chi connectivity index (χ4n) is 3.48. The summed E-state index contributed by atoms with van der Waals surface area (Å²) in [5.41, 5.74) is 1.55. The number of rotatable bonds is 7. The Morgan fingerprint density at radius 3 is 2.66 bits per heavy atom. The lowest BCUT2D eigenvalue weighted by Gasteiger charge is -2.31. The van der Waals surface area contributed by atoms with Crippen LogP contribution in [0.5, 0.6) is 11.5 Å². The summed E-state index contributed by atoms with van der Waals surface area (Å²) in [5, 5.41) is 18.0. The molecule has 2 heterocycles. The number of aliphatic hydroxyl groups is 1. The Morgan fingerprint density at radius 2 is 1.84 bits per heavy atom. The molecule has 0 bridgehead atoms. The molecule has 168 valence electrons. The fourth-order valence-corrected chi connectivity index (χ4v) is 3.48. The number of benzene rings is 2. The highest BCUT2D eigenvalue weighted by molar-refractivity contribution is 5.90. The monoisotopic (exact) mass is 439 g/mol. The van der Waals surface area contributed by atoms with E-state index in [1.165, 1.54) is 0 Å². The minimum Gasteiger partial charge on any atom is -0.454 e. The van der Waals surface area contributed by atoms with Crippen LogP contribution in [0.3, 0.4) is 0 Å². The van der Waals surface area contributed by atoms with Gasteiger partial charge in [0, 0.05) is 18.3 Å². The van der Waals surface area contributed by atoms with Crippen LogP contribution in [0, 0.1) is 0 Å². The van der Waals surface area contributed by atoms with Crippen LogP contribution >= 0.6 is 0 Å². The van der Waals surface area contributed by atoms with E-state index < -0.39 is 24.3 Å². The van der Waals surface area contributed by atoms with Gasteiger partial charge < -0.3 is 35.3 Å². The molecule has 2 aliphatic rings. The molecule has 0 aliphatic carbocycles. The van der Waals surface area contributed by atoms with Gasteiger partial charge >= 0.3 is 6.03 Å². The van der Waals surface area contributed by atoms with Crippen molar-refractivity contribution in [3.63, 3.8) is 0 Å². The molecule has 2 aromatic carbocycles. The molecule has 3 atom stereocenters. The first kappa shape index (κ1) is 21.7. The quantitative estimate of drug-likeness (QED) is 0.490. The first-order valence-corrected chi connectivity index (χ1v) is 10.3. The van der Waals surface area contributed by atoms with Gasteiger partial charge in [-0.2, -0.15) is 0 Å². The van der Waals surface area contributed by atoms with E-state index in [0.717, 1.165) is 5.56 Å². The van der Waals surface area contributed by atoms with Gasteiger partial charge in [0.15, 0.2) is 11.5 Å². The smallest absolute Gasteiger partial charge is 0.319 e. The molecule has 2 aliphatic heterocycles. The van der Waals surface area contributed by atoms with Gasteiger partial charge in [-0.15, -0.1) is 0 Å². The second-order valence-electron chi connectivity index (χ2n) is 7.44. The molecular weight excluding hydrogens is 414 g/mol. The predicted octanol–water partition coefficient (Wildman–Crippen LogP) is 1.93. The van der Waals surface area contributed by atoms with Crippen LogP contribution in [0.4, 0.5) is 10.5 Å². The highest BCUT2D eigenvalue weighted by Crippen LogP contribution is 2.34. The summed E-state index contributed by atoms with van der Waals surface area (Å²) >= 11 is 0. The van der Waals surface area contributed by atoms with E-state index in [1.54, 1.807) is 30.4 Å². The Balaban J connectivity index is 1.27. The summed E-state index contributed by atoms with van der Waals surface area (Å²) < 4.78 is 16.4. The molecular formula is C23H25N3O6. The number of aliphatic hydroxyl groups excluding tert-OH is 1. The molecule has 0 saturated heterocycles. The zero-order valence-electron chi connectivity index (χ0n) is 17.3.